The van der Waals surface area contributed by atoms with Crippen LogP contribution in [0.2, 0.25) is 10.0 Å². The summed E-state index contributed by atoms with van der Waals surface area (Å²) in [4.78, 5) is 0. The molecule has 1 nitrogen and oxygen atoms in total. The molecule has 3 heteroatoms. The summed E-state index contributed by atoms with van der Waals surface area (Å²) in [6, 6.07) is 15.6. The van der Waals surface area contributed by atoms with Gasteiger partial charge in [-0.3, -0.25) is 0 Å². The molecular weight excluding hydrogens is 265 g/mol. The first kappa shape index (κ1) is 13.4. The van der Waals surface area contributed by atoms with Crippen LogP contribution in [0.3, 0.4) is 0 Å². The zero-order valence-electron chi connectivity index (χ0n) is 9.94. The second-order valence-corrected chi connectivity index (χ2v) is 5.14. The molecule has 0 saturated carbocycles. The Balaban J connectivity index is 2.03. The molecule has 2 rings (SSSR count). The molecule has 2 aromatic rings. The molecule has 2 aromatic carbocycles. The highest BCUT2D eigenvalue weighted by molar-refractivity contribution is 6.33. The third-order valence-electron chi connectivity index (χ3n) is 2.94. The molecule has 0 heterocycles. The van der Waals surface area contributed by atoms with E-state index in [0.717, 1.165) is 18.4 Å². The third kappa shape index (κ3) is 3.49. The van der Waals surface area contributed by atoms with Crippen LogP contribution in [0.4, 0.5) is 0 Å². The molecule has 0 aliphatic rings. The van der Waals surface area contributed by atoms with Gasteiger partial charge in [0, 0.05) is 16.1 Å². The summed E-state index contributed by atoms with van der Waals surface area (Å²) in [5, 5.41) is 1.35. The molecule has 0 spiro atoms. The minimum absolute atomic E-state index is 0.0867. The van der Waals surface area contributed by atoms with Gasteiger partial charge in [0.25, 0.3) is 0 Å². The lowest BCUT2D eigenvalue weighted by atomic mass is 10.00. The Morgan fingerprint density at radius 3 is 2.44 bits per heavy atom. The van der Waals surface area contributed by atoms with Crippen LogP contribution in [0.1, 0.15) is 23.6 Å². The summed E-state index contributed by atoms with van der Waals surface area (Å²) < 4.78 is 0. The molecule has 0 bridgehead atoms. The molecule has 18 heavy (non-hydrogen) atoms. The fourth-order valence-electron chi connectivity index (χ4n) is 1.92. The molecule has 1 unspecified atom stereocenters. The van der Waals surface area contributed by atoms with Gasteiger partial charge in [0.15, 0.2) is 0 Å². The van der Waals surface area contributed by atoms with Gasteiger partial charge in [-0.25, -0.2) is 0 Å². The van der Waals surface area contributed by atoms with Crippen molar-refractivity contribution in [2.24, 2.45) is 5.73 Å². The molecule has 0 aliphatic carbocycles. The summed E-state index contributed by atoms with van der Waals surface area (Å²) in [6.07, 6.45) is 1.79. The van der Waals surface area contributed by atoms with E-state index in [-0.39, 0.29) is 6.04 Å². The van der Waals surface area contributed by atoms with Crippen LogP contribution in [0.15, 0.2) is 48.5 Å². The second kappa shape index (κ2) is 6.24. The standard InChI is InChI=1S/C15H15Cl2N/c16-12-7-8-14(17)13(10-12)15(18)9-6-11-4-2-1-3-5-11/h1-5,7-8,10,15H,6,9,18H2. The molecule has 1 atom stereocenters. The van der Waals surface area contributed by atoms with E-state index in [1.165, 1.54) is 5.56 Å². The van der Waals surface area contributed by atoms with Gasteiger partial charge in [-0.1, -0.05) is 53.5 Å². The van der Waals surface area contributed by atoms with Crippen molar-refractivity contribution in [1.29, 1.82) is 0 Å². The fraction of sp³-hybridized carbons (Fsp3) is 0.200. The van der Waals surface area contributed by atoms with Gasteiger partial charge >= 0.3 is 0 Å². The van der Waals surface area contributed by atoms with Crippen LogP contribution in [0, 0.1) is 0 Å². The monoisotopic (exact) mass is 279 g/mol. The van der Waals surface area contributed by atoms with Crippen molar-refractivity contribution in [1.82, 2.24) is 0 Å². The van der Waals surface area contributed by atoms with Gasteiger partial charge in [-0.05, 0) is 42.2 Å². The average molecular weight is 280 g/mol. The lowest BCUT2D eigenvalue weighted by Gasteiger charge is -2.14. The van der Waals surface area contributed by atoms with Gasteiger partial charge in [0.2, 0.25) is 0 Å². The van der Waals surface area contributed by atoms with Gasteiger partial charge in [-0.15, -0.1) is 0 Å². The van der Waals surface area contributed by atoms with Crippen LogP contribution in [-0.2, 0) is 6.42 Å². The topological polar surface area (TPSA) is 26.0 Å². The van der Waals surface area contributed by atoms with E-state index >= 15 is 0 Å². The summed E-state index contributed by atoms with van der Waals surface area (Å²) in [5.41, 5.74) is 8.37. The number of hydrogen-bond acceptors (Lipinski definition) is 1. The zero-order valence-corrected chi connectivity index (χ0v) is 11.5. The van der Waals surface area contributed by atoms with E-state index in [2.05, 4.69) is 12.1 Å². The maximum absolute atomic E-state index is 6.17. The lowest BCUT2D eigenvalue weighted by molar-refractivity contribution is 0.651. The maximum Gasteiger partial charge on any atom is 0.0454 e. The number of benzene rings is 2. The van der Waals surface area contributed by atoms with Crippen LogP contribution < -0.4 is 5.73 Å². The van der Waals surface area contributed by atoms with Crippen molar-refractivity contribution in [3.8, 4) is 0 Å². The first-order valence-electron chi connectivity index (χ1n) is 5.91. The molecule has 0 aromatic heterocycles. The van der Waals surface area contributed by atoms with Crippen molar-refractivity contribution in [3.63, 3.8) is 0 Å². The van der Waals surface area contributed by atoms with Crippen molar-refractivity contribution < 1.29 is 0 Å². The quantitative estimate of drug-likeness (QED) is 0.868. The highest BCUT2D eigenvalue weighted by atomic mass is 35.5. The highest BCUT2D eigenvalue weighted by Crippen LogP contribution is 2.27. The van der Waals surface area contributed by atoms with Gasteiger partial charge in [0.1, 0.15) is 0 Å². The molecule has 0 saturated heterocycles. The number of halogens is 2. The van der Waals surface area contributed by atoms with E-state index in [1.807, 2.05) is 24.3 Å². The Labute approximate surface area is 118 Å². The Hall–Kier alpha value is -1.02. The molecule has 0 radical (unpaired) electrons. The maximum atomic E-state index is 6.17. The Morgan fingerprint density at radius 2 is 1.72 bits per heavy atom. The number of hydrogen-bond donors (Lipinski definition) is 1. The normalized spacial score (nSPS) is 12.4. The Kier molecular flexibility index (Phi) is 4.65. The van der Waals surface area contributed by atoms with Gasteiger partial charge < -0.3 is 5.73 Å². The first-order chi connectivity index (χ1) is 8.66. The van der Waals surface area contributed by atoms with Crippen LogP contribution >= 0.6 is 23.2 Å². The van der Waals surface area contributed by atoms with Crippen molar-refractivity contribution >= 4 is 23.2 Å². The predicted molar refractivity (Wildman–Crippen MR) is 78.2 cm³/mol. The molecule has 0 fully saturated rings. The zero-order chi connectivity index (χ0) is 13.0. The average Bonchev–Trinajstić information content (AvgIpc) is 2.40. The Bertz CT molecular complexity index is 511. The molecule has 0 amide bonds. The van der Waals surface area contributed by atoms with Crippen LogP contribution in [-0.4, -0.2) is 0 Å². The molecule has 94 valence electrons. The largest absolute Gasteiger partial charge is 0.324 e. The van der Waals surface area contributed by atoms with Crippen LogP contribution in [0.25, 0.3) is 0 Å². The van der Waals surface area contributed by atoms with Crippen molar-refractivity contribution in [3.05, 3.63) is 69.7 Å². The van der Waals surface area contributed by atoms with Crippen LogP contribution in [0.5, 0.6) is 0 Å². The summed E-state index contributed by atoms with van der Waals surface area (Å²) in [5.74, 6) is 0. The molecular formula is C15H15Cl2N. The molecule has 2 N–H and O–H groups in total. The van der Waals surface area contributed by atoms with E-state index in [9.17, 15) is 0 Å². The number of aryl methyl sites for hydroxylation is 1. The summed E-state index contributed by atoms with van der Waals surface area (Å²) in [7, 11) is 0. The Morgan fingerprint density at radius 1 is 1.00 bits per heavy atom. The number of rotatable bonds is 4. The first-order valence-corrected chi connectivity index (χ1v) is 6.67. The minimum Gasteiger partial charge on any atom is -0.324 e. The van der Waals surface area contributed by atoms with E-state index in [0.29, 0.717) is 10.0 Å². The predicted octanol–water partition coefficient (Wildman–Crippen LogP) is 4.63. The number of nitrogens with two attached hydrogens (primary N) is 1. The minimum atomic E-state index is -0.0867. The van der Waals surface area contributed by atoms with E-state index < -0.39 is 0 Å². The smallest absolute Gasteiger partial charge is 0.0454 e. The fourth-order valence-corrected chi connectivity index (χ4v) is 2.36. The van der Waals surface area contributed by atoms with Gasteiger partial charge in [0.05, 0.1) is 0 Å². The van der Waals surface area contributed by atoms with Gasteiger partial charge in [-0.2, -0.15) is 0 Å². The highest BCUT2D eigenvalue weighted by Gasteiger charge is 2.10. The van der Waals surface area contributed by atoms with E-state index in [4.69, 9.17) is 28.9 Å². The SMILES string of the molecule is NC(CCc1ccccc1)c1cc(Cl)ccc1Cl. The second-order valence-electron chi connectivity index (χ2n) is 4.30. The third-order valence-corrected chi connectivity index (χ3v) is 3.52. The summed E-state index contributed by atoms with van der Waals surface area (Å²) in [6.45, 7) is 0. The summed E-state index contributed by atoms with van der Waals surface area (Å²) >= 11 is 12.1. The van der Waals surface area contributed by atoms with Crippen molar-refractivity contribution in [2.45, 2.75) is 18.9 Å². The van der Waals surface area contributed by atoms with E-state index in [1.54, 1.807) is 12.1 Å². The van der Waals surface area contributed by atoms with Crippen molar-refractivity contribution in [2.75, 3.05) is 0 Å². The molecule has 0 aliphatic heterocycles. The lowest BCUT2D eigenvalue weighted by Crippen LogP contribution is -2.12.